The van der Waals surface area contributed by atoms with Crippen molar-refractivity contribution < 1.29 is 15.0 Å². The Bertz CT molecular complexity index is 681. The van der Waals surface area contributed by atoms with E-state index in [4.69, 9.17) is 5.73 Å². The summed E-state index contributed by atoms with van der Waals surface area (Å²) in [6.45, 7) is 3.67. The number of phenolic OH excluding ortho intramolecular Hbond substituents is 2. The van der Waals surface area contributed by atoms with Gasteiger partial charge in [0, 0.05) is 11.4 Å². The Hall–Kier alpha value is -2.69. The highest BCUT2D eigenvalue weighted by Crippen LogP contribution is 2.26. The summed E-state index contributed by atoms with van der Waals surface area (Å²) in [5.41, 5.74) is 8.74. The standard InChI is InChI=1S/C15H16N2O3/c1-8-6-13(9(2)5-12(8)16)17-15(20)11-7-10(18)3-4-14(11)19/h3-7,18-19H,16H2,1-2H3,(H,17,20). The molecule has 5 N–H and O–H groups in total. The molecule has 2 aromatic carbocycles. The zero-order valence-corrected chi connectivity index (χ0v) is 11.3. The highest BCUT2D eigenvalue weighted by atomic mass is 16.3. The number of aryl methyl sites for hydroxylation is 2. The maximum Gasteiger partial charge on any atom is 0.259 e. The van der Waals surface area contributed by atoms with E-state index >= 15 is 0 Å². The van der Waals surface area contributed by atoms with Crippen LogP contribution in [-0.4, -0.2) is 16.1 Å². The van der Waals surface area contributed by atoms with Gasteiger partial charge in [0.05, 0.1) is 5.56 Å². The molecule has 104 valence electrons. The summed E-state index contributed by atoms with van der Waals surface area (Å²) in [5, 5.41) is 21.7. The SMILES string of the molecule is Cc1cc(NC(=O)c2cc(O)ccc2O)c(C)cc1N. The molecule has 0 spiro atoms. The van der Waals surface area contributed by atoms with Gasteiger partial charge in [-0.05, 0) is 55.3 Å². The van der Waals surface area contributed by atoms with E-state index in [2.05, 4.69) is 5.32 Å². The molecule has 2 rings (SSSR count). The van der Waals surface area contributed by atoms with E-state index in [0.29, 0.717) is 11.4 Å². The number of carbonyl (C=O) groups is 1. The Morgan fingerprint density at radius 2 is 1.80 bits per heavy atom. The molecule has 20 heavy (non-hydrogen) atoms. The summed E-state index contributed by atoms with van der Waals surface area (Å²) in [6, 6.07) is 7.33. The van der Waals surface area contributed by atoms with Crippen LogP contribution in [-0.2, 0) is 0 Å². The lowest BCUT2D eigenvalue weighted by atomic mass is 10.1. The minimum Gasteiger partial charge on any atom is -0.508 e. The van der Waals surface area contributed by atoms with Gasteiger partial charge in [-0.15, -0.1) is 0 Å². The van der Waals surface area contributed by atoms with E-state index in [0.717, 1.165) is 11.1 Å². The van der Waals surface area contributed by atoms with Crippen molar-refractivity contribution in [1.29, 1.82) is 0 Å². The minimum atomic E-state index is -0.495. The van der Waals surface area contributed by atoms with Crippen molar-refractivity contribution in [1.82, 2.24) is 0 Å². The number of hydrogen-bond acceptors (Lipinski definition) is 4. The number of nitrogens with two attached hydrogens (primary N) is 1. The van der Waals surface area contributed by atoms with Gasteiger partial charge in [-0.3, -0.25) is 4.79 Å². The largest absolute Gasteiger partial charge is 0.508 e. The van der Waals surface area contributed by atoms with Gasteiger partial charge in [-0.1, -0.05) is 0 Å². The monoisotopic (exact) mass is 272 g/mol. The number of aromatic hydroxyl groups is 2. The van der Waals surface area contributed by atoms with Crippen LogP contribution in [0.15, 0.2) is 30.3 Å². The summed E-state index contributed by atoms with van der Waals surface area (Å²) in [6.07, 6.45) is 0. The Kier molecular flexibility index (Phi) is 3.52. The molecule has 5 heteroatoms. The second kappa shape index (κ2) is 5.13. The number of benzene rings is 2. The van der Waals surface area contributed by atoms with Gasteiger partial charge in [-0.2, -0.15) is 0 Å². The van der Waals surface area contributed by atoms with Crippen molar-refractivity contribution in [3.8, 4) is 11.5 Å². The predicted octanol–water partition coefficient (Wildman–Crippen LogP) is 2.55. The molecule has 0 aliphatic carbocycles. The first kappa shape index (κ1) is 13.7. The summed E-state index contributed by atoms with van der Waals surface area (Å²) < 4.78 is 0. The van der Waals surface area contributed by atoms with Gasteiger partial charge in [0.2, 0.25) is 0 Å². The van der Waals surface area contributed by atoms with Crippen LogP contribution in [0.2, 0.25) is 0 Å². The van der Waals surface area contributed by atoms with Crippen LogP contribution in [0.5, 0.6) is 11.5 Å². The first-order chi connectivity index (χ1) is 9.38. The van der Waals surface area contributed by atoms with Gasteiger partial charge >= 0.3 is 0 Å². The van der Waals surface area contributed by atoms with E-state index in [1.165, 1.54) is 18.2 Å². The van der Waals surface area contributed by atoms with Gasteiger partial charge in [0.15, 0.2) is 0 Å². The van der Waals surface area contributed by atoms with Crippen LogP contribution < -0.4 is 11.1 Å². The molecule has 0 aliphatic rings. The first-order valence-corrected chi connectivity index (χ1v) is 6.08. The Labute approximate surface area is 116 Å². The first-order valence-electron chi connectivity index (χ1n) is 6.08. The topological polar surface area (TPSA) is 95.6 Å². The summed E-state index contributed by atoms with van der Waals surface area (Å²) in [5.74, 6) is -0.769. The van der Waals surface area contributed by atoms with Crippen LogP contribution in [0.3, 0.4) is 0 Å². The fourth-order valence-corrected chi connectivity index (χ4v) is 1.87. The summed E-state index contributed by atoms with van der Waals surface area (Å²) in [4.78, 5) is 12.1. The minimum absolute atomic E-state index is 0.0129. The molecule has 1 amide bonds. The Balaban J connectivity index is 2.32. The van der Waals surface area contributed by atoms with Crippen LogP contribution in [0.25, 0.3) is 0 Å². The molecule has 0 unspecified atom stereocenters. The molecule has 0 aromatic heterocycles. The highest BCUT2D eigenvalue weighted by Gasteiger charge is 2.13. The number of hydrogen-bond donors (Lipinski definition) is 4. The van der Waals surface area contributed by atoms with Crippen molar-refractivity contribution in [2.75, 3.05) is 11.1 Å². The number of anilines is 2. The predicted molar refractivity (Wildman–Crippen MR) is 78.1 cm³/mol. The second-order valence-corrected chi connectivity index (χ2v) is 4.68. The van der Waals surface area contributed by atoms with Crippen molar-refractivity contribution >= 4 is 17.3 Å². The Morgan fingerprint density at radius 3 is 2.50 bits per heavy atom. The number of phenols is 2. The molecule has 0 radical (unpaired) electrons. The van der Waals surface area contributed by atoms with Crippen LogP contribution >= 0.6 is 0 Å². The summed E-state index contributed by atoms with van der Waals surface area (Å²) in [7, 11) is 0. The molecule has 2 aromatic rings. The fourth-order valence-electron chi connectivity index (χ4n) is 1.87. The lowest BCUT2D eigenvalue weighted by molar-refractivity contribution is 0.102. The van der Waals surface area contributed by atoms with Gasteiger partial charge < -0.3 is 21.3 Å². The third-order valence-electron chi connectivity index (χ3n) is 3.09. The average Bonchev–Trinajstić information content (AvgIpc) is 2.38. The molecular weight excluding hydrogens is 256 g/mol. The van der Waals surface area contributed by atoms with Crippen molar-refractivity contribution in [3.63, 3.8) is 0 Å². The number of rotatable bonds is 2. The van der Waals surface area contributed by atoms with Crippen molar-refractivity contribution in [2.45, 2.75) is 13.8 Å². The van der Waals surface area contributed by atoms with E-state index in [9.17, 15) is 15.0 Å². The number of carbonyl (C=O) groups excluding carboxylic acids is 1. The van der Waals surface area contributed by atoms with Crippen LogP contribution in [0.1, 0.15) is 21.5 Å². The smallest absolute Gasteiger partial charge is 0.259 e. The van der Waals surface area contributed by atoms with Gasteiger partial charge in [0.1, 0.15) is 11.5 Å². The molecule has 5 nitrogen and oxygen atoms in total. The average molecular weight is 272 g/mol. The van der Waals surface area contributed by atoms with Crippen molar-refractivity contribution in [2.24, 2.45) is 0 Å². The van der Waals surface area contributed by atoms with Gasteiger partial charge in [-0.25, -0.2) is 0 Å². The molecule has 0 bridgehead atoms. The maximum absolute atomic E-state index is 12.1. The van der Waals surface area contributed by atoms with E-state index in [1.807, 2.05) is 13.8 Å². The summed E-state index contributed by atoms with van der Waals surface area (Å²) >= 11 is 0. The van der Waals surface area contributed by atoms with Gasteiger partial charge in [0.25, 0.3) is 5.91 Å². The van der Waals surface area contributed by atoms with E-state index < -0.39 is 5.91 Å². The zero-order valence-electron chi connectivity index (χ0n) is 11.3. The quantitative estimate of drug-likeness (QED) is 0.499. The number of amides is 1. The third-order valence-corrected chi connectivity index (χ3v) is 3.09. The van der Waals surface area contributed by atoms with E-state index in [1.54, 1.807) is 12.1 Å². The zero-order chi connectivity index (χ0) is 14.9. The lowest BCUT2D eigenvalue weighted by Crippen LogP contribution is -2.13. The maximum atomic E-state index is 12.1. The fraction of sp³-hybridized carbons (Fsp3) is 0.133. The van der Waals surface area contributed by atoms with Crippen LogP contribution in [0, 0.1) is 13.8 Å². The second-order valence-electron chi connectivity index (χ2n) is 4.68. The molecule has 0 aliphatic heterocycles. The molecule has 0 fully saturated rings. The number of nitrogen functional groups attached to an aromatic ring is 1. The molecule has 0 heterocycles. The van der Waals surface area contributed by atoms with Crippen molar-refractivity contribution in [3.05, 3.63) is 47.0 Å². The normalized spacial score (nSPS) is 10.3. The molecule has 0 atom stereocenters. The molecule has 0 saturated carbocycles. The molecular formula is C15H16N2O3. The molecule has 0 saturated heterocycles. The van der Waals surface area contributed by atoms with Crippen LogP contribution in [0.4, 0.5) is 11.4 Å². The lowest BCUT2D eigenvalue weighted by Gasteiger charge is -2.12. The van der Waals surface area contributed by atoms with E-state index in [-0.39, 0.29) is 17.1 Å². The number of nitrogens with one attached hydrogen (secondary N) is 1. The Morgan fingerprint density at radius 1 is 1.10 bits per heavy atom. The third kappa shape index (κ3) is 2.66. The highest BCUT2D eigenvalue weighted by molar-refractivity contribution is 6.06.